The van der Waals surface area contributed by atoms with Gasteiger partial charge in [0.2, 0.25) is 0 Å². The van der Waals surface area contributed by atoms with E-state index in [9.17, 15) is 0 Å². The van der Waals surface area contributed by atoms with Crippen molar-refractivity contribution >= 4 is 35.0 Å². The molecule has 0 saturated carbocycles. The molecule has 0 N–H and O–H groups in total. The summed E-state index contributed by atoms with van der Waals surface area (Å²) in [6, 6.07) is 26.0. The lowest BCUT2D eigenvalue weighted by Crippen LogP contribution is -2.37. The second-order valence-electron chi connectivity index (χ2n) is 9.96. The molecular weight excluding hydrogens is 406 g/mol. The van der Waals surface area contributed by atoms with E-state index < -0.39 is 8.07 Å². The predicted octanol–water partition coefficient (Wildman–Crippen LogP) is 7.98. The number of benzene rings is 3. The number of hydrogen-bond acceptors (Lipinski definition) is 2. The highest BCUT2D eigenvalue weighted by molar-refractivity contribution is 6.88. The van der Waals surface area contributed by atoms with Gasteiger partial charge in [-0.3, -0.25) is 4.98 Å². The molecule has 0 saturated heterocycles. The quantitative estimate of drug-likeness (QED) is 0.267. The molecule has 0 radical (unpaired) electrons. The van der Waals surface area contributed by atoms with E-state index >= 15 is 0 Å². The number of rotatable bonds is 4. The minimum atomic E-state index is -1.37. The third kappa shape index (κ3) is 3.67. The van der Waals surface area contributed by atoms with Gasteiger partial charge in [-0.15, -0.1) is 0 Å². The van der Waals surface area contributed by atoms with Gasteiger partial charge in [0.05, 0.1) is 13.8 Å². The van der Waals surface area contributed by atoms with E-state index in [-0.39, 0.29) is 0 Å². The number of hydrogen-bond donors (Lipinski definition) is 0. The lowest BCUT2D eigenvalue weighted by atomic mass is 9.95. The Morgan fingerprint density at radius 2 is 1.56 bits per heavy atom. The third-order valence-corrected chi connectivity index (χ3v) is 8.27. The molecule has 2 heterocycles. The fourth-order valence-corrected chi connectivity index (χ4v) is 5.54. The molecule has 160 valence electrons. The molecule has 0 unspecified atom stereocenters. The van der Waals surface area contributed by atoms with Crippen molar-refractivity contribution in [2.45, 2.75) is 39.4 Å². The average molecular weight is 436 g/mol. The smallest absolute Gasteiger partial charge is 0.138 e. The molecule has 32 heavy (non-hydrogen) atoms. The Labute approximate surface area is 190 Å². The van der Waals surface area contributed by atoms with Crippen LogP contribution in [0.4, 0.5) is 0 Å². The van der Waals surface area contributed by atoms with Gasteiger partial charge in [0.1, 0.15) is 11.3 Å². The summed E-state index contributed by atoms with van der Waals surface area (Å²) in [5.41, 5.74) is 5.48. The minimum absolute atomic E-state index is 0.348. The van der Waals surface area contributed by atoms with Gasteiger partial charge in [0, 0.05) is 28.1 Å². The summed E-state index contributed by atoms with van der Waals surface area (Å²) >= 11 is 0. The van der Waals surface area contributed by atoms with Crippen LogP contribution in [0.2, 0.25) is 19.6 Å². The first-order valence-corrected chi connectivity index (χ1v) is 14.8. The van der Waals surface area contributed by atoms with Crippen LogP contribution >= 0.6 is 0 Å². The highest BCUT2D eigenvalue weighted by Gasteiger charge is 2.19. The monoisotopic (exact) mass is 435 g/mol. The maximum Gasteiger partial charge on any atom is 0.138 e. The van der Waals surface area contributed by atoms with Crippen LogP contribution in [-0.2, 0) is 0 Å². The van der Waals surface area contributed by atoms with E-state index in [1.807, 2.05) is 24.4 Å². The van der Waals surface area contributed by atoms with Crippen LogP contribution in [0, 0.1) is 0 Å². The van der Waals surface area contributed by atoms with Crippen LogP contribution in [0.15, 0.2) is 83.4 Å². The van der Waals surface area contributed by atoms with E-state index in [0.29, 0.717) is 5.92 Å². The number of aromatic nitrogens is 1. The molecule has 0 bridgehead atoms. The number of pyridine rings is 1. The average Bonchev–Trinajstić information content (AvgIpc) is 3.21. The van der Waals surface area contributed by atoms with Crippen LogP contribution in [0.5, 0.6) is 0 Å². The molecule has 0 spiro atoms. The van der Waals surface area contributed by atoms with Gasteiger partial charge >= 0.3 is 0 Å². The first kappa shape index (κ1) is 20.7. The SMILES string of the molecule is CC(C)c1cc(-c2nccc3cc([Si](C)(C)C)ccc23)cc2cc(-c3ccccc3)oc12. The van der Waals surface area contributed by atoms with E-state index in [1.165, 1.54) is 21.5 Å². The van der Waals surface area contributed by atoms with Crippen molar-refractivity contribution in [3.05, 3.63) is 84.6 Å². The summed E-state index contributed by atoms with van der Waals surface area (Å²) in [6.45, 7) is 11.6. The van der Waals surface area contributed by atoms with Crippen molar-refractivity contribution in [1.29, 1.82) is 0 Å². The van der Waals surface area contributed by atoms with Gasteiger partial charge in [0.15, 0.2) is 0 Å². The molecule has 0 fully saturated rings. The molecule has 3 aromatic carbocycles. The minimum Gasteiger partial charge on any atom is -0.456 e. The van der Waals surface area contributed by atoms with Crippen LogP contribution in [-0.4, -0.2) is 13.1 Å². The van der Waals surface area contributed by atoms with Gasteiger partial charge in [-0.2, -0.15) is 0 Å². The Morgan fingerprint density at radius 1 is 0.781 bits per heavy atom. The Hall–Kier alpha value is -3.17. The van der Waals surface area contributed by atoms with Gasteiger partial charge in [-0.25, -0.2) is 0 Å². The lowest BCUT2D eigenvalue weighted by molar-refractivity contribution is 0.622. The zero-order valence-corrected chi connectivity index (χ0v) is 20.4. The second-order valence-corrected chi connectivity index (χ2v) is 15.0. The van der Waals surface area contributed by atoms with Gasteiger partial charge in [0.25, 0.3) is 0 Å². The zero-order valence-electron chi connectivity index (χ0n) is 19.4. The maximum absolute atomic E-state index is 6.36. The largest absolute Gasteiger partial charge is 0.456 e. The highest BCUT2D eigenvalue weighted by Crippen LogP contribution is 2.37. The van der Waals surface area contributed by atoms with Crippen molar-refractivity contribution in [2.75, 3.05) is 0 Å². The van der Waals surface area contributed by atoms with Crippen LogP contribution < -0.4 is 5.19 Å². The Balaban J connectivity index is 1.71. The molecular formula is C29H29NOSi. The van der Waals surface area contributed by atoms with Crippen molar-refractivity contribution in [2.24, 2.45) is 0 Å². The summed E-state index contributed by atoms with van der Waals surface area (Å²) in [5.74, 6) is 1.26. The zero-order chi connectivity index (χ0) is 22.5. The number of furan rings is 1. The normalized spacial score (nSPS) is 12.2. The summed E-state index contributed by atoms with van der Waals surface area (Å²) in [6.07, 6.45) is 1.94. The molecule has 0 aliphatic carbocycles. The fraction of sp³-hybridized carbons (Fsp3) is 0.207. The van der Waals surface area contributed by atoms with E-state index in [0.717, 1.165) is 33.6 Å². The van der Waals surface area contributed by atoms with Crippen molar-refractivity contribution in [1.82, 2.24) is 4.98 Å². The van der Waals surface area contributed by atoms with E-state index in [1.54, 1.807) is 0 Å². The van der Waals surface area contributed by atoms with Crippen molar-refractivity contribution in [3.8, 4) is 22.6 Å². The third-order valence-electron chi connectivity index (χ3n) is 6.23. The van der Waals surface area contributed by atoms with Crippen LogP contribution in [0.25, 0.3) is 44.3 Å². The van der Waals surface area contributed by atoms with Gasteiger partial charge in [-0.1, -0.05) is 87.2 Å². The van der Waals surface area contributed by atoms with E-state index in [4.69, 9.17) is 9.40 Å². The van der Waals surface area contributed by atoms with Gasteiger partial charge in [-0.05, 0) is 41.1 Å². The second kappa shape index (κ2) is 7.75. The Bertz CT molecular complexity index is 1420. The predicted molar refractivity (Wildman–Crippen MR) is 139 cm³/mol. The molecule has 0 amide bonds. The molecule has 0 aliphatic rings. The number of nitrogens with zero attached hydrogens (tertiary/aromatic N) is 1. The first-order chi connectivity index (χ1) is 15.3. The molecule has 5 aromatic rings. The highest BCUT2D eigenvalue weighted by atomic mass is 28.3. The van der Waals surface area contributed by atoms with Crippen LogP contribution in [0.1, 0.15) is 25.3 Å². The van der Waals surface area contributed by atoms with Gasteiger partial charge < -0.3 is 4.42 Å². The fourth-order valence-electron chi connectivity index (χ4n) is 4.36. The molecule has 2 nitrogen and oxygen atoms in total. The summed E-state index contributed by atoms with van der Waals surface area (Å²) in [7, 11) is -1.37. The molecule has 5 rings (SSSR count). The van der Waals surface area contributed by atoms with Crippen LogP contribution in [0.3, 0.4) is 0 Å². The first-order valence-electron chi connectivity index (χ1n) is 11.3. The summed E-state index contributed by atoms with van der Waals surface area (Å²) < 4.78 is 6.36. The molecule has 0 aliphatic heterocycles. The lowest BCUT2D eigenvalue weighted by Gasteiger charge is -2.18. The molecule has 0 atom stereocenters. The Morgan fingerprint density at radius 3 is 2.28 bits per heavy atom. The topological polar surface area (TPSA) is 26.0 Å². The van der Waals surface area contributed by atoms with Crippen molar-refractivity contribution < 1.29 is 4.42 Å². The number of fused-ring (bicyclic) bond motifs is 2. The van der Waals surface area contributed by atoms with E-state index in [2.05, 4.69) is 88.1 Å². The molecule has 3 heteroatoms. The maximum atomic E-state index is 6.36. The summed E-state index contributed by atoms with van der Waals surface area (Å²) in [5, 5.41) is 5.07. The summed E-state index contributed by atoms with van der Waals surface area (Å²) in [4.78, 5) is 4.82. The Kier molecular flexibility index (Phi) is 5.02. The molecule has 2 aromatic heterocycles. The standard InChI is InChI=1S/C29H29NOSi/c1-19(2)26-17-22(15-23-18-27(31-29(23)26)20-9-7-6-8-10-20)28-25-12-11-24(32(3,4)5)16-21(25)13-14-30-28/h6-19H,1-5H3. The van der Waals surface area contributed by atoms with Crippen molar-refractivity contribution in [3.63, 3.8) is 0 Å².